The first-order valence-corrected chi connectivity index (χ1v) is 6.30. The summed E-state index contributed by atoms with van der Waals surface area (Å²) in [6, 6.07) is 2.72. The van der Waals surface area contributed by atoms with E-state index in [0.717, 1.165) is 24.6 Å². The highest BCUT2D eigenvalue weighted by atomic mass is 14.9. The molecular weight excluding hydrogens is 198 g/mol. The molecule has 1 fully saturated rings. The molecule has 3 nitrogen and oxygen atoms in total. The molecule has 3 heteroatoms. The van der Waals surface area contributed by atoms with E-state index in [4.69, 9.17) is 0 Å². The molecule has 0 aromatic carbocycles. The van der Waals surface area contributed by atoms with Gasteiger partial charge in [-0.25, -0.2) is 9.97 Å². The summed E-state index contributed by atoms with van der Waals surface area (Å²) < 4.78 is 0. The van der Waals surface area contributed by atoms with Gasteiger partial charge in [0.1, 0.15) is 6.33 Å². The van der Waals surface area contributed by atoms with E-state index in [1.165, 1.54) is 25.0 Å². The predicted molar refractivity (Wildman–Crippen MR) is 65.3 cm³/mol. The van der Waals surface area contributed by atoms with E-state index < -0.39 is 0 Å². The Labute approximate surface area is 97.7 Å². The fraction of sp³-hybridized carbons (Fsp3) is 0.692. The van der Waals surface area contributed by atoms with Crippen molar-refractivity contribution in [2.45, 2.75) is 45.6 Å². The average molecular weight is 219 g/mol. The van der Waals surface area contributed by atoms with Crippen LogP contribution in [0.4, 0.5) is 0 Å². The summed E-state index contributed by atoms with van der Waals surface area (Å²) in [4.78, 5) is 8.48. The number of hydrogen-bond acceptors (Lipinski definition) is 3. The van der Waals surface area contributed by atoms with Crippen LogP contribution in [-0.2, 0) is 6.42 Å². The average Bonchev–Trinajstić information content (AvgIpc) is 3.08. The number of aromatic nitrogens is 2. The molecule has 0 spiro atoms. The summed E-state index contributed by atoms with van der Waals surface area (Å²) in [7, 11) is 0. The molecule has 1 aliphatic rings. The summed E-state index contributed by atoms with van der Waals surface area (Å²) in [5, 5.41) is 3.64. The van der Waals surface area contributed by atoms with E-state index in [0.29, 0.717) is 6.04 Å². The fourth-order valence-corrected chi connectivity index (χ4v) is 2.08. The number of aryl methyl sites for hydroxylation is 1. The van der Waals surface area contributed by atoms with Crippen molar-refractivity contribution in [3.8, 4) is 0 Å². The van der Waals surface area contributed by atoms with Crippen LogP contribution in [0.1, 0.15) is 37.6 Å². The van der Waals surface area contributed by atoms with Gasteiger partial charge >= 0.3 is 0 Å². The molecule has 88 valence electrons. The zero-order chi connectivity index (χ0) is 11.4. The first-order chi connectivity index (χ1) is 7.79. The van der Waals surface area contributed by atoms with E-state index in [1.807, 2.05) is 6.92 Å². The molecule has 0 saturated heterocycles. The van der Waals surface area contributed by atoms with Crippen molar-refractivity contribution < 1.29 is 0 Å². The summed E-state index contributed by atoms with van der Waals surface area (Å²) in [5.74, 6) is 0.877. The second-order valence-electron chi connectivity index (χ2n) is 4.75. The first kappa shape index (κ1) is 11.5. The van der Waals surface area contributed by atoms with Crippen LogP contribution < -0.4 is 5.32 Å². The molecule has 0 radical (unpaired) electrons. The third-order valence-electron chi connectivity index (χ3n) is 3.14. The molecule has 0 amide bonds. The monoisotopic (exact) mass is 219 g/mol. The lowest BCUT2D eigenvalue weighted by Crippen LogP contribution is -2.34. The second-order valence-corrected chi connectivity index (χ2v) is 4.75. The van der Waals surface area contributed by atoms with Gasteiger partial charge in [-0.2, -0.15) is 0 Å². The Bertz CT molecular complexity index is 334. The molecule has 16 heavy (non-hydrogen) atoms. The molecule has 1 aliphatic carbocycles. The molecule has 0 aliphatic heterocycles. The van der Waals surface area contributed by atoms with Gasteiger partial charge in [0.2, 0.25) is 0 Å². The topological polar surface area (TPSA) is 37.8 Å². The normalized spacial score (nSPS) is 17.4. The fourth-order valence-electron chi connectivity index (χ4n) is 2.08. The number of nitrogens with one attached hydrogen (secondary N) is 1. The Kier molecular flexibility index (Phi) is 3.88. The van der Waals surface area contributed by atoms with Crippen LogP contribution in [0.15, 0.2) is 12.4 Å². The van der Waals surface area contributed by atoms with Gasteiger partial charge in [-0.1, -0.05) is 6.92 Å². The summed E-state index contributed by atoms with van der Waals surface area (Å²) in [5.41, 5.74) is 2.24. The van der Waals surface area contributed by atoms with Crippen LogP contribution in [0.2, 0.25) is 0 Å². The number of nitrogens with zero attached hydrogens (tertiary/aromatic N) is 2. The minimum atomic E-state index is 0.620. The highest BCUT2D eigenvalue weighted by Crippen LogP contribution is 2.33. The van der Waals surface area contributed by atoms with Crippen molar-refractivity contribution in [1.29, 1.82) is 0 Å². The molecule has 1 heterocycles. The van der Waals surface area contributed by atoms with Crippen LogP contribution in [0.25, 0.3) is 0 Å². The Morgan fingerprint density at radius 1 is 1.44 bits per heavy atom. The smallest absolute Gasteiger partial charge is 0.115 e. The van der Waals surface area contributed by atoms with Crippen LogP contribution in [0.5, 0.6) is 0 Å². The molecule has 1 N–H and O–H groups in total. The molecule has 0 bridgehead atoms. The highest BCUT2D eigenvalue weighted by Gasteiger charge is 2.30. The van der Waals surface area contributed by atoms with Crippen molar-refractivity contribution in [2.24, 2.45) is 5.92 Å². The van der Waals surface area contributed by atoms with E-state index in [1.54, 1.807) is 6.33 Å². The van der Waals surface area contributed by atoms with Gasteiger partial charge < -0.3 is 5.32 Å². The lowest BCUT2D eigenvalue weighted by atomic mass is 10.1. The molecule has 2 rings (SSSR count). The van der Waals surface area contributed by atoms with Crippen LogP contribution in [0.3, 0.4) is 0 Å². The van der Waals surface area contributed by atoms with Crippen LogP contribution >= 0.6 is 0 Å². The van der Waals surface area contributed by atoms with Crippen LogP contribution in [-0.4, -0.2) is 22.6 Å². The minimum Gasteiger partial charge on any atom is -0.313 e. The quantitative estimate of drug-likeness (QED) is 0.796. The predicted octanol–water partition coefficient (Wildman–Crippen LogP) is 2.11. The summed E-state index contributed by atoms with van der Waals surface area (Å²) in [6.45, 7) is 5.35. The maximum Gasteiger partial charge on any atom is 0.115 e. The van der Waals surface area contributed by atoms with E-state index in [9.17, 15) is 0 Å². The summed E-state index contributed by atoms with van der Waals surface area (Å²) >= 11 is 0. The molecule has 1 aromatic heterocycles. The van der Waals surface area contributed by atoms with Gasteiger partial charge in [0.15, 0.2) is 0 Å². The highest BCUT2D eigenvalue weighted by molar-refractivity contribution is 5.09. The van der Waals surface area contributed by atoms with Crippen molar-refractivity contribution in [3.05, 3.63) is 23.8 Å². The number of rotatable bonds is 6. The van der Waals surface area contributed by atoms with E-state index in [-0.39, 0.29) is 0 Å². The van der Waals surface area contributed by atoms with Gasteiger partial charge in [0, 0.05) is 23.9 Å². The molecule has 1 unspecified atom stereocenters. The number of hydrogen-bond donors (Lipinski definition) is 1. The summed E-state index contributed by atoms with van der Waals surface area (Å²) in [6.07, 6.45) is 6.69. The van der Waals surface area contributed by atoms with E-state index in [2.05, 4.69) is 28.3 Å². The van der Waals surface area contributed by atoms with E-state index >= 15 is 0 Å². The zero-order valence-electron chi connectivity index (χ0n) is 10.2. The van der Waals surface area contributed by atoms with Gasteiger partial charge in [0.25, 0.3) is 0 Å². The molecule has 1 saturated carbocycles. The Balaban J connectivity index is 1.94. The van der Waals surface area contributed by atoms with Gasteiger partial charge in [-0.3, -0.25) is 0 Å². The SMILES string of the molecule is CCCNC(Cc1cc(C)ncn1)C1CC1. The van der Waals surface area contributed by atoms with Crippen molar-refractivity contribution in [3.63, 3.8) is 0 Å². The zero-order valence-corrected chi connectivity index (χ0v) is 10.2. The third-order valence-corrected chi connectivity index (χ3v) is 3.14. The lowest BCUT2D eigenvalue weighted by molar-refractivity contribution is 0.456. The Morgan fingerprint density at radius 3 is 2.88 bits per heavy atom. The lowest BCUT2D eigenvalue weighted by Gasteiger charge is -2.17. The van der Waals surface area contributed by atoms with Crippen molar-refractivity contribution in [2.75, 3.05) is 6.54 Å². The molecule has 1 atom stereocenters. The standard InChI is InChI=1S/C13H21N3/c1-3-6-14-13(11-4-5-11)8-12-7-10(2)15-9-16-12/h7,9,11,13-14H,3-6,8H2,1-2H3. The van der Waals surface area contributed by atoms with Crippen molar-refractivity contribution >= 4 is 0 Å². The largest absolute Gasteiger partial charge is 0.313 e. The Hall–Kier alpha value is -0.960. The van der Waals surface area contributed by atoms with Crippen molar-refractivity contribution in [1.82, 2.24) is 15.3 Å². The van der Waals surface area contributed by atoms with Gasteiger partial charge in [-0.15, -0.1) is 0 Å². The molecular formula is C13H21N3. The van der Waals surface area contributed by atoms with Gasteiger partial charge in [0.05, 0.1) is 0 Å². The maximum atomic E-state index is 4.35. The molecule has 1 aromatic rings. The third kappa shape index (κ3) is 3.27. The Morgan fingerprint density at radius 2 is 2.25 bits per heavy atom. The maximum absolute atomic E-state index is 4.35. The first-order valence-electron chi connectivity index (χ1n) is 6.30. The van der Waals surface area contributed by atoms with Crippen LogP contribution in [0, 0.1) is 12.8 Å². The minimum absolute atomic E-state index is 0.620. The van der Waals surface area contributed by atoms with Gasteiger partial charge in [-0.05, 0) is 44.7 Å². The second kappa shape index (κ2) is 5.39.